The number of amides is 1. The number of carbonyl (C=O) groups excluding carboxylic acids is 1. The molecule has 0 radical (unpaired) electrons. The molecule has 0 aromatic rings. The van der Waals surface area contributed by atoms with Gasteiger partial charge in [0.25, 0.3) is 5.91 Å². The summed E-state index contributed by atoms with van der Waals surface area (Å²) in [5.74, 6) is -0.145. The van der Waals surface area contributed by atoms with Gasteiger partial charge in [-0.3, -0.25) is 4.79 Å². The Kier molecular flexibility index (Phi) is 3.64. The second kappa shape index (κ2) is 5.19. The van der Waals surface area contributed by atoms with Crippen LogP contribution in [0.5, 0.6) is 0 Å². The van der Waals surface area contributed by atoms with Crippen LogP contribution in [0.4, 0.5) is 0 Å². The van der Waals surface area contributed by atoms with E-state index in [4.69, 9.17) is 5.26 Å². The average Bonchev–Trinajstić information content (AvgIpc) is 3.14. The lowest BCUT2D eigenvalue weighted by Gasteiger charge is -2.32. The molecular formula is C12H18N4O. The van der Waals surface area contributed by atoms with E-state index in [2.05, 4.69) is 10.2 Å². The van der Waals surface area contributed by atoms with Crippen LogP contribution in [0.15, 0.2) is 11.8 Å². The number of hydrogen-bond acceptors (Lipinski definition) is 4. The molecule has 0 spiro atoms. The van der Waals surface area contributed by atoms with Crippen LogP contribution in [0, 0.1) is 11.3 Å². The van der Waals surface area contributed by atoms with Gasteiger partial charge >= 0.3 is 0 Å². The predicted molar refractivity (Wildman–Crippen MR) is 63.9 cm³/mol. The standard InChI is InChI=1S/C12H18N4O/c1-15-4-6-16(7-5-15)12(17)10(8-13)9-14-11-2-3-11/h9,11,14H,2-7H2,1H3/b10-9-. The molecule has 5 nitrogen and oxygen atoms in total. The van der Waals surface area contributed by atoms with Crippen molar-refractivity contribution in [3.8, 4) is 6.07 Å². The van der Waals surface area contributed by atoms with E-state index in [-0.39, 0.29) is 11.5 Å². The zero-order chi connectivity index (χ0) is 12.3. The maximum absolute atomic E-state index is 12.0. The van der Waals surface area contributed by atoms with Crippen molar-refractivity contribution in [1.29, 1.82) is 5.26 Å². The van der Waals surface area contributed by atoms with E-state index in [0.717, 1.165) is 25.9 Å². The molecule has 2 rings (SSSR count). The molecule has 92 valence electrons. The maximum atomic E-state index is 12.0. The van der Waals surface area contributed by atoms with Crippen LogP contribution in [-0.2, 0) is 4.79 Å². The lowest BCUT2D eigenvalue weighted by molar-refractivity contribution is -0.128. The van der Waals surface area contributed by atoms with Gasteiger partial charge in [-0.25, -0.2) is 0 Å². The first kappa shape index (κ1) is 11.9. The highest BCUT2D eigenvalue weighted by Gasteiger charge is 2.24. The quantitative estimate of drug-likeness (QED) is 0.548. The normalized spacial score (nSPS) is 22.1. The third kappa shape index (κ3) is 3.21. The number of carbonyl (C=O) groups is 1. The molecule has 1 aliphatic heterocycles. The first-order valence-electron chi connectivity index (χ1n) is 6.05. The number of rotatable bonds is 3. The number of nitrogens with zero attached hydrogens (tertiary/aromatic N) is 3. The van der Waals surface area contributed by atoms with E-state index in [1.807, 2.05) is 13.1 Å². The zero-order valence-corrected chi connectivity index (χ0v) is 10.1. The minimum atomic E-state index is -0.145. The Morgan fingerprint density at radius 3 is 2.53 bits per heavy atom. The number of nitriles is 1. The molecule has 0 unspecified atom stereocenters. The molecule has 1 N–H and O–H groups in total. The molecule has 1 aliphatic carbocycles. The highest BCUT2D eigenvalue weighted by molar-refractivity contribution is 5.97. The molecule has 2 aliphatic rings. The van der Waals surface area contributed by atoms with Crippen molar-refractivity contribution >= 4 is 5.91 Å². The molecule has 0 aromatic heterocycles. The minimum Gasteiger partial charge on any atom is -0.387 e. The highest BCUT2D eigenvalue weighted by atomic mass is 16.2. The van der Waals surface area contributed by atoms with Gasteiger partial charge in [-0.05, 0) is 19.9 Å². The molecule has 1 amide bonds. The second-order valence-corrected chi connectivity index (χ2v) is 4.71. The van der Waals surface area contributed by atoms with Crippen LogP contribution in [0.25, 0.3) is 0 Å². The van der Waals surface area contributed by atoms with E-state index < -0.39 is 0 Å². The maximum Gasteiger partial charge on any atom is 0.266 e. The van der Waals surface area contributed by atoms with Gasteiger partial charge in [0, 0.05) is 38.4 Å². The van der Waals surface area contributed by atoms with Crippen LogP contribution in [0.3, 0.4) is 0 Å². The van der Waals surface area contributed by atoms with Crippen LogP contribution < -0.4 is 5.32 Å². The molecule has 1 heterocycles. The Morgan fingerprint density at radius 2 is 2.00 bits per heavy atom. The Bertz CT molecular complexity index is 359. The van der Waals surface area contributed by atoms with E-state index in [9.17, 15) is 4.79 Å². The number of likely N-dealkylation sites (N-methyl/N-ethyl adjacent to an activating group) is 1. The van der Waals surface area contributed by atoms with Crippen molar-refractivity contribution in [1.82, 2.24) is 15.1 Å². The number of hydrogen-bond donors (Lipinski definition) is 1. The van der Waals surface area contributed by atoms with Crippen molar-refractivity contribution < 1.29 is 4.79 Å². The van der Waals surface area contributed by atoms with Crippen LogP contribution in [0.2, 0.25) is 0 Å². The molecular weight excluding hydrogens is 216 g/mol. The predicted octanol–water partition coefficient (Wildman–Crippen LogP) is -0.0801. The third-order valence-electron chi connectivity index (χ3n) is 3.18. The van der Waals surface area contributed by atoms with Gasteiger partial charge in [0.15, 0.2) is 0 Å². The summed E-state index contributed by atoms with van der Waals surface area (Å²) in [7, 11) is 2.04. The molecule has 5 heteroatoms. The van der Waals surface area contributed by atoms with Gasteiger partial charge in [-0.2, -0.15) is 5.26 Å². The topological polar surface area (TPSA) is 59.4 Å². The van der Waals surface area contributed by atoms with Gasteiger partial charge in [0.05, 0.1) is 0 Å². The second-order valence-electron chi connectivity index (χ2n) is 4.71. The summed E-state index contributed by atoms with van der Waals surface area (Å²) in [6, 6.07) is 2.46. The van der Waals surface area contributed by atoms with Gasteiger partial charge < -0.3 is 15.1 Å². The smallest absolute Gasteiger partial charge is 0.266 e. The SMILES string of the molecule is CN1CCN(C(=O)/C(C#N)=C\NC2CC2)CC1. The van der Waals surface area contributed by atoms with Crippen LogP contribution >= 0.6 is 0 Å². The monoisotopic (exact) mass is 234 g/mol. The first-order valence-corrected chi connectivity index (χ1v) is 6.05. The van der Waals surface area contributed by atoms with Crippen molar-refractivity contribution in [3.63, 3.8) is 0 Å². The first-order chi connectivity index (χ1) is 8.20. The van der Waals surface area contributed by atoms with E-state index in [1.54, 1.807) is 11.1 Å². The van der Waals surface area contributed by atoms with Gasteiger partial charge in [0.2, 0.25) is 0 Å². The Labute approximate surface area is 102 Å². The largest absolute Gasteiger partial charge is 0.387 e. The summed E-state index contributed by atoms with van der Waals surface area (Å²) < 4.78 is 0. The van der Waals surface area contributed by atoms with Gasteiger partial charge in [0.1, 0.15) is 11.6 Å². The molecule has 1 saturated heterocycles. The Hall–Kier alpha value is -1.54. The summed E-state index contributed by atoms with van der Waals surface area (Å²) >= 11 is 0. The van der Waals surface area contributed by atoms with Gasteiger partial charge in [-0.1, -0.05) is 0 Å². The van der Waals surface area contributed by atoms with Crippen molar-refractivity contribution in [2.75, 3.05) is 33.2 Å². The van der Waals surface area contributed by atoms with E-state index >= 15 is 0 Å². The molecule has 0 aromatic carbocycles. The third-order valence-corrected chi connectivity index (χ3v) is 3.18. The Balaban J connectivity index is 1.92. The minimum absolute atomic E-state index is 0.145. The summed E-state index contributed by atoms with van der Waals surface area (Å²) in [5, 5.41) is 12.1. The van der Waals surface area contributed by atoms with Crippen molar-refractivity contribution in [2.45, 2.75) is 18.9 Å². The van der Waals surface area contributed by atoms with E-state index in [0.29, 0.717) is 19.1 Å². The summed E-state index contributed by atoms with van der Waals surface area (Å²) in [4.78, 5) is 16.0. The van der Waals surface area contributed by atoms with Crippen molar-refractivity contribution in [3.05, 3.63) is 11.8 Å². The van der Waals surface area contributed by atoms with Crippen LogP contribution in [-0.4, -0.2) is 55.0 Å². The fraction of sp³-hybridized carbons (Fsp3) is 0.667. The summed E-state index contributed by atoms with van der Waals surface area (Å²) in [6.45, 7) is 3.16. The zero-order valence-electron chi connectivity index (χ0n) is 10.1. The number of piperazine rings is 1. The fourth-order valence-electron chi connectivity index (χ4n) is 1.77. The lowest BCUT2D eigenvalue weighted by Crippen LogP contribution is -2.47. The highest BCUT2D eigenvalue weighted by Crippen LogP contribution is 2.18. The summed E-state index contributed by atoms with van der Waals surface area (Å²) in [6.07, 6.45) is 3.86. The van der Waals surface area contributed by atoms with Crippen molar-refractivity contribution in [2.24, 2.45) is 0 Å². The average molecular weight is 234 g/mol. The fourth-order valence-corrected chi connectivity index (χ4v) is 1.77. The molecule has 0 bridgehead atoms. The van der Waals surface area contributed by atoms with Gasteiger partial charge in [-0.15, -0.1) is 0 Å². The molecule has 0 atom stereocenters. The molecule has 17 heavy (non-hydrogen) atoms. The molecule has 2 fully saturated rings. The van der Waals surface area contributed by atoms with E-state index in [1.165, 1.54) is 0 Å². The lowest BCUT2D eigenvalue weighted by atomic mass is 10.2. The Morgan fingerprint density at radius 1 is 1.35 bits per heavy atom. The summed E-state index contributed by atoms with van der Waals surface area (Å²) in [5.41, 5.74) is 0.224. The molecule has 1 saturated carbocycles. The van der Waals surface area contributed by atoms with Crippen LogP contribution in [0.1, 0.15) is 12.8 Å². The number of nitrogens with one attached hydrogen (secondary N) is 1.